The van der Waals surface area contributed by atoms with Gasteiger partial charge in [-0.3, -0.25) is 4.79 Å². The highest BCUT2D eigenvalue weighted by atomic mass is 35.5. The third-order valence-electron chi connectivity index (χ3n) is 5.09. The van der Waals surface area contributed by atoms with Crippen LogP contribution in [0.5, 0.6) is 0 Å². The molecule has 1 aliphatic rings. The minimum absolute atomic E-state index is 0.169. The van der Waals surface area contributed by atoms with E-state index in [0.717, 1.165) is 5.56 Å². The number of halogens is 1. The van der Waals surface area contributed by atoms with Gasteiger partial charge in [0.2, 0.25) is 5.82 Å². The highest BCUT2D eigenvalue weighted by Crippen LogP contribution is 2.32. The molecular formula is C23H20ClN5O3. The van der Waals surface area contributed by atoms with Crippen molar-refractivity contribution in [2.24, 2.45) is 0 Å². The van der Waals surface area contributed by atoms with Gasteiger partial charge >= 0.3 is 5.97 Å². The largest absolute Gasteiger partial charge is 0.467 e. The van der Waals surface area contributed by atoms with Crippen molar-refractivity contribution in [2.45, 2.75) is 19.0 Å². The lowest BCUT2D eigenvalue weighted by Gasteiger charge is -2.30. The summed E-state index contributed by atoms with van der Waals surface area (Å²) in [6.45, 7) is 1.63. The number of amides is 1. The van der Waals surface area contributed by atoms with Gasteiger partial charge in [-0.05, 0) is 54.1 Å². The summed E-state index contributed by atoms with van der Waals surface area (Å²) in [5, 5.41) is 12.9. The van der Waals surface area contributed by atoms with E-state index in [4.69, 9.17) is 16.3 Å². The average Bonchev–Trinajstić information content (AvgIpc) is 3.33. The number of carbonyl (C=O) groups is 2. The van der Waals surface area contributed by atoms with Crippen molar-refractivity contribution >= 4 is 29.1 Å². The summed E-state index contributed by atoms with van der Waals surface area (Å²) in [5.74, 6) is -0.293. The zero-order chi connectivity index (χ0) is 22.7. The van der Waals surface area contributed by atoms with Crippen LogP contribution in [0.3, 0.4) is 0 Å². The lowest BCUT2D eigenvalue weighted by atomic mass is 9.98. The Bertz CT molecular complexity index is 1190. The van der Waals surface area contributed by atoms with Crippen LogP contribution in [-0.2, 0) is 9.53 Å². The molecule has 2 heterocycles. The molecular weight excluding hydrogens is 430 g/mol. The summed E-state index contributed by atoms with van der Waals surface area (Å²) in [7, 11) is 1.31. The molecule has 162 valence electrons. The first-order chi connectivity index (χ1) is 15.5. The SMILES string of the molecule is COC(=O)C(C)n1nnc(C2=CC(c3ccccc3)N(C(=O)c3ccc(Cl)cc3)C=C2)n1. The van der Waals surface area contributed by atoms with Gasteiger partial charge in [0.15, 0.2) is 6.04 Å². The van der Waals surface area contributed by atoms with Gasteiger partial charge in [0.25, 0.3) is 5.91 Å². The fourth-order valence-corrected chi connectivity index (χ4v) is 3.45. The number of hydrogen-bond donors (Lipinski definition) is 0. The first-order valence-corrected chi connectivity index (χ1v) is 10.3. The summed E-state index contributed by atoms with van der Waals surface area (Å²) in [4.78, 5) is 27.9. The summed E-state index contributed by atoms with van der Waals surface area (Å²) in [5.41, 5.74) is 2.13. The molecule has 1 aliphatic heterocycles. The molecule has 0 saturated heterocycles. The number of aromatic nitrogens is 4. The molecule has 3 aromatic rings. The van der Waals surface area contributed by atoms with Crippen LogP contribution in [-0.4, -0.2) is 44.1 Å². The minimum atomic E-state index is -0.706. The third-order valence-corrected chi connectivity index (χ3v) is 5.35. The molecule has 32 heavy (non-hydrogen) atoms. The number of benzene rings is 2. The van der Waals surface area contributed by atoms with Crippen LogP contribution in [0.15, 0.2) is 72.9 Å². The van der Waals surface area contributed by atoms with Crippen LogP contribution < -0.4 is 0 Å². The van der Waals surface area contributed by atoms with Crippen molar-refractivity contribution in [3.8, 4) is 0 Å². The van der Waals surface area contributed by atoms with Gasteiger partial charge in [-0.2, -0.15) is 0 Å². The predicted octanol–water partition coefficient (Wildman–Crippen LogP) is 3.85. The quantitative estimate of drug-likeness (QED) is 0.549. The van der Waals surface area contributed by atoms with E-state index in [1.165, 1.54) is 11.9 Å². The normalized spacial score (nSPS) is 16.4. The number of carbonyl (C=O) groups excluding carboxylic acids is 2. The summed E-state index contributed by atoms with van der Waals surface area (Å²) in [6, 6.07) is 15.3. The van der Waals surface area contributed by atoms with Gasteiger partial charge in [-0.1, -0.05) is 41.9 Å². The van der Waals surface area contributed by atoms with E-state index < -0.39 is 12.0 Å². The molecule has 0 aliphatic carbocycles. The molecule has 0 saturated carbocycles. The molecule has 0 fully saturated rings. The second kappa shape index (κ2) is 9.15. The van der Waals surface area contributed by atoms with Crippen LogP contribution in [0.4, 0.5) is 0 Å². The van der Waals surface area contributed by atoms with Crippen LogP contribution in [0.25, 0.3) is 5.57 Å². The van der Waals surface area contributed by atoms with Gasteiger partial charge in [-0.15, -0.1) is 15.0 Å². The maximum Gasteiger partial charge on any atom is 0.332 e. The number of methoxy groups -OCH3 is 1. The molecule has 2 aromatic carbocycles. The van der Waals surface area contributed by atoms with E-state index in [-0.39, 0.29) is 11.9 Å². The molecule has 0 spiro atoms. The van der Waals surface area contributed by atoms with Crippen molar-refractivity contribution in [2.75, 3.05) is 7.11 Å². The molecule has 0 bridgehead atoms. The number of allylic oxidation sites excluding steroid dienone is 2. The Kier molecular flexibility index (Phi) is 6.13. The van der Waals surface area contributed by atoms with Crippen LogP contribution in [0.1, 0.15) is 40.8 Å². The zero-order valence-electron chi connectivity index (χ0n) is 17.4. The van der Waals surface area contributed by atoms with E-state index in [2.05, 4.69) is 15.4 Å². The number of tetrazole rings is 1. The topological polar surface area (TPSA) is 90.2 Å². The Morgan fingerprint density at radius 2 is 1.81 bits per heavy atom. The zero-order valence-corrected chi connectivity index (χ0v) is 18.2. The summed E-state index contributed by atoms with van der Waals surface area (Å²) < 4.78 is 4.74. The average molecular weight is 450 g/mol. The van der Waals surface area contributed by atoms with Crippen molar-refractivity contribution in [3.63, 3.8) is 0 Å². The van der Waals surface area contributed by atoms with Crippen molar-refractivity contribution in [3.05, 3.63) is 94.9 Å². The third kappa shape index (κ3) is 4.31. The van der Waals surface area contributed by atoms with Crippen molar-refractivity contribution < 1.29 is 14.3 Å². The van der Waals surface area contributed by atoms with E-state index >= 15 is 0 Å². The number of esters is 1. The van der Waals surface area contributed by atoms with E-state index in [1.807, 2.05) is 36.4 Å². The van der Waals surface area contributed by atoms with Gasteiger partial charge in [0.1, 0.15) is 0 Å². The second-order valence-corrected chi connectivity index (χ2v) is 7.58. The summed E-state index contributed by atoms with van der Waals surface area (Å²) in [6.07, 6.45) is 5.35. The monoisotopic (exact) mass is 449 g/mol. The maximum atomic E-state index is 13.2. The van der Waals surface area contributed by atoms with Gasteiger partial charge in [0.05, 0.1) is 13.2 Å². The van der Waals surface area contributed by atoms with Gasteiger partial charge in [0, 0.05) is 22.4 Å². The lowest BCUT2D eigenvalue weighted by Crippen LogP contribution is -2.31. The Labute approximate surface area is 189 Å². The molecule has 0 radical (unpaired) electrons. The van der Waals surface area contributed by atoms with E-state index in [0.29, 0.717) is 22.0 Å². The standard InChI is InChI=1S/C23H20ClN5O3/c1-15(23(31)32-2)29-26-21(25-27-29)18-12-13-28(20(14-18)16-6-4-3-5-7-16)22(30)17-8-10-19(24)11-9-17/h3-15,20H,1-2H3. The van der Waals surface area contributed by atoms with E-state index in [9.17, 15) is 9.59 Å². The van der Waals surface area contributed by atoms with Crippen LogP contribution in [0, 0.1) is 0 Å². The maximum absolute atomic E-state index is 13.2. The number of ether oxygens (including phenoxy) is 1. The van der Waals surface area contributed by atoms with Crippen LogP contribution in [0.2, 0.25) is 5.02 Å². The summed E-state index contributed by atoms with van der Waals surface area (Å²) >= 11 is 5.97. The Balaban J connectivity index is 1.68. The molecule has 1 amide bonds. The fourth-order valence-electron chi connectivity index (χ4n) is 3.32. The second-order valence-electron chi connectivity index (χ2n) is 7.15. The molecule has 8 nitrogen and oxygen atoms in total. The molecule has 2 unspecified atom stereocenters. The van der Waals surface area contributed by atoms with Crippen molar-refractivity contribution in [1.29, 1.82) is 0 Å². The fraction of sp³-hybridized carbons (Fsp3) is 0.174. The molecule has 9 heteroatoms. The molecule has 4 rings (SSSR count). The highest BCUT2D eigenvalue weighted by molar-refractivity contribution is 6.30. The smallest absolute Gasteiger partial charge is 0.332 e. The number of rotatable bonds is 5. The van der Waals surface area contributed by atoms with Gasteiger partial charge in [-0.25, -0.2) is 4.79 Å². The first-order valence-electron chi connectivity index (χ1n) is 9.89. The first kappa shape index (κ1) is 21.5. The Morgan fingerprint density at radius 1 is 1.09 bits per heavy atom. The molecule has 2 atom stereocenters. The minimum Gasteiger partial charge on any atom is -0.467 e. The van der Waals surface area contributed by atoms with Crippen LogP contribution >= 0.6 is 11.6 Å². The Hall–Kier alpha value is -3.78. The highest BCUT2D eigenvalue weighted by Gasteiger charge is 2.27. The lowest BCUT2D eigenvalue weighted by molar-refractivity contribution is -0.144. The van der Waals surface area contributed by atoms with Gasteiger partial charge < -0.3 is 9.64 Å². The molecule has 1 aromatic heterocycles. The Morgan fingerprint density at radius 3 is 2.50 bits per heavy atom. The number of nitrogens with zero attached hydrogens (tertiary/aromatic N) is 5. The molecule has 0 N–H and O–H groups in total. The van der Waals surface area contributed by atoms with Crippen molar-refractivity contribution in [1.82, 2.24) is 25.1 Å². The van der Waals surface area contributed by atoms with E-state index in [1.54, 1.807) is 48.4 Å². The number of hydrogen-bond acceptors (Lipinski definition) is 6. The predicted molar refractivity (Wildman–Crippen MR) is 118 cm³/mol.